The fraction of sp³-hybridized carbons (Fsp3) is 0.364. The third-order valence-electron chi connectivity index (χ3n) is 2.28. The lowest BCUT2D eigenvalue weighted by Crippen LogP contribution is -2.46. The minimum Gasteiger partial charge on any atom is -0.495 e. The molecule has 5 heteroatoms. The molecule has 1 atom stereocenters. The molecular weight excluding hydrogens is 230 g/mol. The molecule has 0 amide bonds. The lowest BCUT2D eigenvalue weighted by Gasteiger charge is -2.19. The van der Waals surface area contributed by atoms with E-state index in [4.69, 9.17) is 27.2 Å². The Kier molecular flexibility index (Phi) is 3.78. The van der Waals surface area contributed by atoms with Gasteiger partial charge in [0.15, 0.2) is 0 Å². The fourth-order valence-corrected chi connectivity index (χ4v) is 1.60. The second-order valence-corrected chi connectivity index (χ2v) is 4.28. The van der Waals surface area contributed by atoms with E-state index in [0.717, 1.165) is 5.56 Å². The van der Waals surface area contributed by atoms with Gasteiger partial charge in [0.1, 0.15) is 11.3 Å². The summed E-state index contributed by atoms with van der Waals surface area (Å²) in [6.07, 6.45) is 0.214. The maximum absolute atomic E-state index is 10.9. The molecule has 1 aromatic carbocycles. The van der Waals surface area contributed by atoms with E-state index < -0.39 is 11.5 Å². The number of carboxylic acids is 1. The highest BCUT2D eigenvalue weighted by Gasteiger charge is 2.28. The van der Waals surface area contributed by atoms with Crippen LogP contribution in [0.1, 0.15) is 12.5 Å². The van der Waals surface area contributed by atoms with Crippen LogP contribution in [-0.2, 0) is 11.2 Å². The molecule has 88 valence electrons. The largest absolute Gasteiger partial charge is 0.495 e. The molecule has 1 rings (SSSR count). The lowest BCUT2D eigenvalue weighted by atomic mass is 9.94. The van der Waals surface area contributed by atoms with Gasteiger partial charge in [-0.3, -0.25) is 4.79 Å². The summed E-state index contributed by atoms with van der Waals surface area (Å²) < 4.78 is 5.00. The maximum atomic E-state index is 10.9. The first kappa shape index (κ1) is 12.8. The molecule has 0 aliphatic carbocycles. The van der Waals surface area contributed by atoms with Crippen LogP contribution in [0.2, 0.25) is 5.02 Å². The number of benzene rings is 1. The maximum Gasteiger partial charge on any atom is 0.323 e. The smallest absolute Gasteiger partial charge is 0.323 e. The third-order valence-corrected chi connectivity index (χ3v) is 2.57. The summed E-state index contributed by atoms with van der Waals surface area (Å²) in [5, 5.41) is 9.34. The number of hydrogen-bond donors (Lipinski definition) is 2. The first-order valence-corrected chi connectivity index (χ1v) is 5.09. The van der Waals surface area contributed by atoms with Gasteiger partial charge in [-0.25, -0.2) is 0 Å². The van der Waals surface area contributed by atoms with Crippen molar-refractivity contribution in [2.24, 2.45) is 5.73 Å². The Morgan fingerprint density at radius 2 is 2.25 bits per heavy atom. The molecule has 0 spiro atoms. The van der Waals surface area contributed by atoms with Crippen LogP contribution in [0.3, 0.4) is 0 Å². The van der Waals surface area contributed by atoms with Gasteiger partial charge in [0.05, 0.1) is 12.1 Å². The Bertz CT molecular complexity index is 404. The van der Waals surface area contributed by atoms with E-state index in [9.17, 15) is 4.79 Å². The number of methoxy groups -OCH3 is 1. The predicted octanol–water partition coefficient (Wildman–Crippen LogP) is 1.69. The Hall–Kier alpha value is -1.26. The van der Waals surface area contributed by atoms with Gasteiger partial charge in [-0.1, -0.05) is 17.7 Å². The normalized spacial score (nSPS) is 14.2. The van der Waals surface area contributed by atoms with Crippen molar-refractivity contribution in [3.63, 3.8) is 0 Å². The number of hydrogen-bond acceptors (Lipinski definition) is 3. The monoisotopic (exact) mass is 243 g/mol. The summed E-state index contributed by atoms with van der Waals surface area (Å²) in [5.74, 6) is -0.487. The Morgan fingerprint density at radius 3 is 2.69 bits per heavy atom. The Morgan fingerprint density at radius 1 is 1.62 bits per heavy atom. The van der Waals surface area contributed by atoms with Gasteiger partial charge in [0, 0.05) is 6.42 Å². The van der Waals surface area contributed by atoms with Gasteiger partial charge in [0.25, 0.3) is 0 Å². The Balaban J connectivity index is 2.91. The zero-order valence-corrected chi connectivity index (χ0v) is 9.91. The molecule has 16 heavy (non-hydrogen) atoms. The van der Waals surface area contributed by atoms with Crippen molar-refractivity contribution in [1.82, 2.24) is 0 Å². The molecule has 0 radical (unpaired) electrons. The van der Waals surface area contributed by atoms with Crippen LogP contribution in [0.5, 0.6) is 5.75 Å². The molecule has 0 fully saturated rings. The van der Waals surface area contributed by atoms with E-state index in [-0.39, 0.29) is 6.42 Å². The van der Waals surface area contributed by atoms with Crippen LogP contribution < -0.4 is 10.5 Å². The van der Waals surface area contributed by atoms with Gasteiger partial charge in [0.2, 0.25) is 0 Å². The number of ether oxygens (including phenoxy) is 1. The fourth-order valence-electron chi connectivity index (χ4n) is 1.32. The zero-order chi connectivity index (χ0) is 12.3. The number of nitrogens with two attached hydrogens (primary N) is 1. The summed E-state index contributed by atoms with van der Waals surface area (Å²) in [4.78, 5) is 10.9. The highest BCUT2D eigenvalue weighted by Crippen LogP contribution is 2.26. The van der Waals surface area contributed by atoms with Crippen molar-refractivity contribution in [1.29, 1.82) is 0 Å². The van der Waals surface area contributed by atoms with Crippen molar-refractivity contribution >= 4 is 17.6 Å². The molecule has 0 saturated carbocycles. The van der Waals surface area contributed by atoms with Crippen molar-refractivity contribution in [3.05, 3.63) is 28.8 Å². The van der Waals surface area contributed by atoms with E-state index >= 15 is 0 Å². The van der Waals surface area contributed by atoms with E-state index in [1.54, 1.807) is 18.2 Å². The van der Waals surface area contributed by atoms with Crippen molar-refractivity contribution in [3.8, 4) is 5.75 Å². The standard InChI is InChI=1S/C11H14ClNO3/c1-11(13,10(14)15)6-7-3-4-9(16-2)8(12)5-7/h3-5H,6,13H2,1-2H3,(H,14,15)/t11-/m0/s1. The quantitative estimate of drug-likeness (QED) is 0.844. The second-order valence-electron chi connectivity index (χ2n) is 3.87. The second kappa shape index (κ2) is 4.72. The topological polar surface area (TPSA) is 72.5 Å². The SMILES string of the molecule is COc1ccc(C[C@](C)(N)C(=O)O)cc1Cl. The van der Waals surface area contributed by atoms with E-state index in [0.29, 0.717) is 10.8 Å². The zero-order valence-electron chi connectivity index (χ0n) is 9.16. The first-order chi connectivity index (χ1) is 7.36. The van der Waals surface area contributed by atoms with Crippen LogP contribution >= 0.6 is 11.6 Å². The summed E-state index contributed by atoms with van der Waals surface area (Å²) >= 11 is 5.92. The van der Waals surface area contributed by atoms with Crippen molar-refractivity contribution in [2.75, 3.05) is 7.11 Å². The van der Waals surface area contributed by atoms with Crippen LogP contribution in [0.15, 0.2) is 18.2 Å². The van der Waals surface area contributed by atoms with Gasteiger partial charge < -0.3 is 15.6 Å². The number of rotatable bonds is 4. The molecule has 1 aromatic rings. The molecule has 4 nitrogen and oxygen atoms in total. The van der Waals surface area contributed by atoms with Crippen molar-refractivity contribution < 1.29 is 14.6 Å². The third kappa shape index (κ3) is 2.87. The summed E-state index contributed by atoms with van der Waals surface area (Å²) in [6.45, 7) is 1.47. The first-order valence-electron chi connectivity index (χ1n) is 4.71. The molecule has 0 heterocycles. The molecule has 0 aliphatic rings. The Labute approximate surface area is 99.0 Å². The predicted molar refractivity (Wildman–Crippen MR) is 61.9 cm³/mol. The van der Waals surface area contributed by atoms with Crippen LogP contribution in [-0.4, -0.2) is 23.7 Å². The lowest BCUT2D eigenvalue weighted by molar-refractivity contribution is -0.142. The minimum absolute atomic E-state index is 0.214. The molecule has 3 N–H and O–H groups in total. The summed E-state index contributed by atoms with van der Waals surface area (Å²) in [6, 6.07) is 5.10. The van der Waals surface area contributed by atoms with Crippen molar-refractivity contribution in [2.45, 2.75) is 18.9 Å². The van der Waals surface area contributed by atoms with Gasteiger partial charge in [-0.05, 0) is 24.6 Å². The summed E-state index contributed by atoms with van der Waals surface area (Å²) in [5.41, 5.74) is 5.11. The summed E-state index contributed by atoms with van der Waals surface area (Å²) in [7, 11) is 1.52. The van der Waals surface area contributed by atoms with Gasteiger partial charge >= 0.3 is 5.97 Å². The van der Waals surface area contributed by atoms with Crippen LogP contribution in [0.25, 0.3) is 0 Å². The van der Waals surface area contributed by atoms with Gasteiger partial charge in [-0.2, -0.15) is 0 Å². The number of carboxylic acid groups (broad SMARTS) is 1. The van der Waals surface area contributed by atoms with Gasteiger partial charge in [-0.15, -0.1) is 0 Å². The highest BCUT2D eigenvalue weighted by molar-refractivity contribution is 6.32. The van der Waals surface area contributed by atoms with Crippen LogP contribution in [0, 0.1) is 0 Å². The van der Waals surface area contributed by atoms with Crippen LogP contribution in [0.4, 0.5) is 0 Å². The van der Waals surface area contributed by atoms with E-state index in [2.05, 4.69) is 0 Å². The van der Waals surface area contributed by atoms with E-state index in [1.807, 2.05) is 0 Å². The number of aliphatic carboxylic acids is 1. The molecular formula is C11H14ClNO3. The van der Waals surface area contributed by atoms with E-state index in [1.165, 1.54) is 14.0 Å². The average Bonchev–Trinajstić information content (AvgIpc) is 2.17. The highest BCUT2D eigenvalue weighted by atomic mass is 35.5. The molecule has 0 unspecified atom stereocenters. The number of halogens is 1. The molecule has 0 saturated heterocycles. The molecule has 0 bridgehead atoms. The average molecular weight is 244 g/mol. The molecule has 0 aromatic heterocycles. The molecule has 0 aliphatic heterocycles. The minimum atomic E-state index is -1.29. The number of carbonyl (C=O) groups is 1.